The number of rotatable bonds is 4. The first-order valence-electron chi connectivity index (χ1n) is 7.07. The monoisotopic (exact) mass is 308 g/mol. The summed E-state index contributed by atoms with van der Waals surface area (Å²) in [5.41, 5.74) is 0.991. The summed E-state index contributed by atoms with van der Waals surface area (Å²) in [6, 6.07) is 6.96. The average Bonchev–Trinajstić information content (AvgIpc) is 2.95. The number of hydrogen-bond acceptors (Lipinski definition) is 3. The van der Waals surface area contributed by atoms with Crippen LogP contribution in [0.1, 0.15) is 18.5 Å². The molecule has 0 saturated heterocycles. The number of hydrogen-bond donors (Lipinski definition) is 2. The van der Waals surface area contributed by atoms with Crippen molar-refractivity contribution in [1.82, 2.24) is 15.1 Å². The first-order chi connectivity index (χ1) is 10.1. The lowest BCUT2D eigenvalue weighted by Crippen LogP contribution is -2.36. The molecule has 4 nitrogen and oxygen atoms in total. The Hall–Kier alpha value is -1.59. The molecule has 6 heteroatoms. The van der Waals surface area contributed by atoms with Crippen LogP contribution in [0.2, 0.25) is 5.02 Å². The summed E-state index contributed by atoms with van der Waals surface area (Å²) in [6.45, 7) is 4.75. The molecule has 1 aliphatic heterocycles. The van der Waals surface area contributed by atoms with Gasteiger partial charge in [-0.15, -0.1) is 0 Å². The van der Waals surface area contributed by atoms with Gasteiger partial charge in [0.25, 0.3) is 0 Å². The zero-order valence-electron chi connectivity index (χ0n) is 11.8. The zero-order chi connectivity index (χ0) is 14.8. The SMILES string of the molecule is C[C@@H](NC[C@H]1CNc2ccnn2C1)c1ccc(F)c(Cl)c1. The molecule has 1 aromatic carbocycles. The summed E-state index contributed by atoms with van der Waals surface area (Å²) in [7, 11) is 0. The van der Waals surface area contributed by atoms with Gasteiger partial charge in [0.1, 0.15) is 11.6 Å². The van der Waals surface area contributed by atoms with Crippen LogP contribution in [0.4, 0.5) is 10.2 Å². The van der Waals surface area contributed by atoms with Crippen molar-refractivity contribution < 1.29 is 4.39 Å². The van der Waals surface area contributed by atoms with Gasteiger partial charge < -0.3 is 10.6 Å². The van der Waals surface area contributed by atoms with E-state index in [0.29, 0.717) is 5.92 Å². The van der Waals surface area contributed by atoms with E-state index in [4.69, 9.17) is 11.6 Å². The molecule has 1 aromatic heterocycles. The van der Waals surface area contributed by atoms with Gasteiger partial charge in [0.15, 0.2) is 0 Å². The minimum Gasteiger partial charge on any atom is -0.370 e. The molecular weight excluding hydrogens is 291 g/mol. The van der Waals surface area contributed by atoms with Crippen LogP contribution < -0.4 is 10.6 Å². The Morgan fingerprint density at radius 1 is 1.52 bits per heavy atom. The van der Waals surface area contributed by atoms with E-state index in [-0.39, 0.29) is 16.9 Å². The fourth-order valence-electron chi connectivity index (χ4n) is 2.57. The maximum atomic E-state index is 13.2. The summed E-state index contributed by atoms with van der Waals surface area (Å²) in [5, 5.41) is 11.3. The topological polar surface area (TPSA) is 41.9 Å². The van der Waals surface area contributed by atoms with Crippen molar-refractivity contribution in [2.75, 3.05) is 18.4 Å². The third kappa shape index (κ3) is 3.19. The van der Waals surface area contributed by atoms with Crippen molar-refractivity contribution in [2.45, 2.75) is 19.5 Å². The van der Waals surface area contributed by atoms with E-state index in [1.807, 2.05) is 10.7 Å². The van der Waals surface area contributed by atoms with Gasteiger partial charge in [0, 0.05) is 37.7 Å². The molecule has 0 saturated carbocycles. The Kier molecular flexibility index (Phi) is 4.12. The molecule has 2 atom stereocenters. The second-order valence-corrected chi connectivity index (χ2v) is 5.86. The Morgan fingerprint density at radius 3 is 3.19 bits per heavy atom. The molecule has 0 unspecified atom stereocenters. The molecule has 2 N–H and O–H groups in total. The highest BCUT2D eigenvalue weighted by atomic mass is 35.5. The third-order valence-corrected chi connectivity index (χ3v) is 4.17. The van der Waals surface area contributed by atoms with Gasteiger partial charge in [0.05, 0.1) is 11.2 Å². The number of aromatic nitrogens is 2. The number of halogens is 2. The maximum absolute atomic E-state index is 13.2. The molecule has 21 heavy (non-hydrogen) atoms. The van der Waals surface area contributed by atoms with Crippen molar-refractivity contribution in [3.63, 3.8) is 0 Å². The van der Waals surface area contributed by atoms with Crippen molar-refractivity contribution in [3.05, 3.63) is 46.9 Å². The van der Waals surface area contributed by atoms with Gasteiger partial charge in [-0.3, -0.25) is 0 Å². The fraction of sp³-hybridized carbons (Fsp3) is 0.400. The van der Waals surface area contributed by atoms with Gasteiger partial charge >= 0.3 is 0 Å². The average molecular weight is 309 g/mol. The summed E-state index contributed by atoms with van der Waals surface area (Å²) in [5.74, 6) is 1.16. The minimum absolute atomic E-state index is 0.127. The molecule has 112 valence electrons. The number of benzene rings is 1. The lowest BCUT2D eigenvalue weighted by Gasteiger charge is -2.26. The first-order valence-corrected chi connectivity index (χ1v) is 7.45. The number of anilines is 1. The molecule has 0 spiro atoms. The minimum atomic E-state index is -0.379. The predicted molar refractivity (Wildman–Crippen MR) is 82.0 cm³/mol. The summed E-state index contributed by atoms with van der Waals surface area (Å²) in [6.07, 6.45) is 1.81. The van der Waals surface area contributed by atoms with Crippen molar-refractivity contribution in [3.8, 4) is 0 Å². The van der Waals surface area contributed by atoms with Crippen LogP contribution in [0.15, 0.2) is 30.5 Å². The number of nitrogens with zero attached hydrogens (tertiary/aromatic N) is 2. The lowest BCUT2D eigenvalue weighted by atomic mass is 10.1. The molecular formula is C15H18ClFN4. The highest BCUT2D eigenvalue weighted by Crippen LogP contribution is 2.21. The van der Waals surface area contributed by atoms with E-state index < -0.39 is 0 Å². The van der Waals surface area contributed by atoms with Crippen LogP contribution in [0.3, 0.4) is 0 Å². The summed E-state index contributed by atoms with van der Waals surface area (Å²) >= 11 is 5.83. The molecule has 0 bridgehead atoms. The van der Waals surface area contributed by atoms with E-state index in [1.165, 1.54) is 6.07 Å². The lowest BCUT2D eigenvalue weighted by molar-refractivity contribution is 0.376. The quantitative estimate of drug-likeness (QED) is 0.912. The van der Waals surface area contributed by atoms with Crippen molar-refractivity contribution >= 4 is 17.4 Å². The number of fused-ring (bicyclic) bond motifs is 1. The summed E-state index contributed by atoms with van der Waals surface area (Å²) in [4.78, 5) is 0. The Labute approximate surface area is 128 Å². The highest BCUT2D eigenvalue weighted by Gasteiger charge is 2.19. The third-order valence-electron chi connectivity index (χ3n) is 3.88. The molecule has 2 heterocycles. The molecule has 2 aromatic rings. The fourth-order valence-corrected chi connectivity index (χ4v) is 2.76. The normalized spacial score (nSPS) is 18.9. The van der Waals surface area contributed by atoms with Crippen molar-refractivity contribution in [2.24, 2.45) is 5.92 Å². The van der Waals surface area contributed by atoms with E-state index in [9.17, 15) is 4.39 Å². The Bertz CT molecular complexity index is 628. The Morgan fingerprint density at radius 2 is 2.38 bits per heavy atom. The van der Waals surface area contributed by atoms with Crippen LogP contribution in [0.5, 0.6) is 0 Å². The van der Waals surface area contributed by atoms with Gasteiger partial charge in [-0.05, 0) is 24.6 Å². The number of nitrogens with one attached hydrogen (secondary N) is 2. The molecule has 1 aliphatic rings. The molecule has 3 rings (SSSR count). The first kappa shape index (κ1) is 14.4. The predicted octanol–water partition coefficient (Wildman–Crippen LogP) is 3.07. The van der Waals surface area contributed by atoms with Gasteiger partial charge in [-0.2, -0.15) is 5.10 Å². The van der Waals surface area contributed by atoms with Gasteiger partial charge in [0.2, 0.25) is 0 Å². The standard InChI is InChI=1S/C15H18ClFN4/c1-10(12-2-3-14(17)13(16)6-12)18-7-11-8-19-15-4-5-20-21(15)9-11/h2-6,10-11,18-19H,7-9H2,1H3/t10-,11+/m1/s1. The van der Waals surface area contributed by atoms with Crippen LogP contribution >= 0.6 is 11.6 Å². The van der Waals surface area contributed by atoms with Gasteiger partial charge in [-0.25, -0.2) is 9.07 Å². The summed E-state index contributed by atoms with van der Waals surface area (Å²) < 4.78 is 15.2. The van der Waals surface area contributed by atoms with E-state index in [1.54, 1.807) is 18.3 Å². The van der Waals surface area contributed by atoms with Crippen LogP contribution in [-0.2, 0) is 6.54 Å². The maximum Gasteiger partial charge on any atom is 0.141 e. The molecule has 0 amide bonds. The molecule has 0 fully saturated rings. The van der Waals surface area contributed by atoms with Crippen molar-refractivity contribution in [1.29, 1.82) is 0 Å². The second-order valence-electron chi connectivity index (χ2n) is 5.45. The van der Waals surface area contributed by atoms with E-state index in [0.717, 1.165) is 31.0 Å². The zero-order valence-corrected chi connectivity index (χ0v) is 12.6. The second kappa shape index (κ2) is 6.03. The van der Waals surface area contributed by atoms with E-state index in [2.05, 4.69) is 22.7 Å². The van der Waals surface area contributed by atoms with E-state index >= 15 is 0 Å². The van der Waals surface area contributed by atoms with Gasteiger partial charge in [-0.1, -0.05) is 17.7 Å². The van der Waals surface area contributed by atoms with Crippen LogP contribution in [0.25, 0.3) is 0 Å². The Balaban J connectivity index is 1.56. The largest absolute Gasteiger partial charge is 0.370 e. The highest BCUT2D eigenvalue weighted by molar-refractivity contribution is 6.30. The molecule has 0 radical (unpaired) electrons. The van der Waals surface area contributed by atoms with Crippen LogP contribution in [-0.4, -0.2) is 22.9 Å². The smallest absolute Gasteiger partial charge is 0.141 e. The molecule has 0 aliphatic carbocycles. The van der Waals surface area contributed by atoms with Crippen LogP contribution in [0, 0.1) is 11.7 Å².